The second-order valence-corrected chi connectivity index (χ2v) is 6.19. The summed E-state index contributed by atoms with van der Waals surface area (Å²) in [4.78, 5) is 16.8. The number of fused-ring (bicyclic) bond motifs is 1. The third kappa shape index (κ3) is 3.24. The molecule has 1 aromatic heterocycles. The minimum atomic E-state index is 0.0174. The maximum absolute atomic E-state index is 12.4. The first-order chi connectivity index (χ1) is 10.2. The smallest absolute Gasteiger partial charge is 0.251 e. The van der Waals surface area contributed by atoms with E-state index in [1.165, 1.54) is 0 Å². The van der Waals surface area contributed by atoms with Crippen molar-refractivity contribution in [2.24, 2.45) is 0 Å². The van der Waals surface area contributed by atoms with Gasteiger partial charge >= 0.3 is 0 Å². The van der Waals surface area contributed by atoms with Gasteiger partial charge in [0.1, 0.15) is 0 Å². The lowest BCUT2D eigenvalue weighted by molar-refractivity contribution is 0.0953. The molecule has 5 heteroatoms. The van der Waals surface area contributed by atoms with Gasteiger partial charge in [-0.15, -0.1) is 11.3 Å². The molecule has 0 saturated heterocycles. The summed E-state index contributed by atoms with van der Waals surface area (Å²) in [5, 5.41) is 9.47. The third-order valence-electron chi connectivity index (χ3n) is 3.63. The van der Waals surface area contributed by atoms with Crippen LogP contribution in [-0.2, 0) is 12.8 Å². The summed E-state index contributed by atoms with van der Waals surface area (Å²) in [5.74, 6) is 0.0174. The minimum Gasteiger partial charge on any atom is -0.385 e. The van der Waals surface area contributed by atoms with E-state index in [0.717, 1.165) is 53.3 Å². The Morgan fingerprint density at radius 2 is 2.38 bits per heavy atom. The van der Waals surface area contributed by atoms with E-state index in [2.05, 4.69) is 15.6 Å². The maximum atomic E-state index is 12.4. The lowest BCUT2D eigenvalue weighted by Crippen LogP contribution is -2.27. The summed E-state index contributed by atoms with van der Waals surface area (Å²) in [5.41, 5.74) is 4.09. The van der Waals surface area contributed by atoms with Crippen molar-refractivity contribution in [1.82, 2.24) is 10.3 Å². The van der Waals surface area contributed by atoms with Crippen molar-refractivity contribution in [2.75, 3.05) is 18.4 Å². The van der Waals surface area contributed by atoms with Crippen molar-refractivity contribution in [2.45, 2.75) is 26.2 Å². The van der Waals surface area contributed by atoms with Crippen LogP contribution in [0.3, 0.4) is 0 Å². The van der Waals surface area contributed by atoms with Gasteiger partial charge in [0.05, 0.1) is 5.01 Å². The molecule has 0 aliphatic carbocycles. The van der Waals surface area contributed by atoms with E-state index in [1.54, 1.807) is 11.3 Å². The van der Waals surface area contributed by atoms with Crippen LogP contribution in [0.15, 0.2) is 23.6 Å². The van der Waals surface area contributed by atoms with E-state index >= 15 is 0 Å². The van der Waals surface area contributed by atoms with Crippen molar-refractivity contribution in [3.8, 4) is 0 Å². The molecule has 0 spiro atoms. The molecule has 1 aliphatic rings. The summed E-state index contributed by atoms with van der Waals surface area (Å²) in [6.45, 7) is 3.60. The SMILES string of the molecule is Cc1csc(CCNC(=O)c2cccc3c2CCCN3)n1. The quantitative estimate of drug-likeness (QED) is 0.913. The Kier molecular flexibility index (Phi) is 4.20. The molecule has 0 bridgehead atoms. The van der Waals surface area contributed by atoms with Crippen LogP contribution in [0.5, 0.6) is 0 Å². The van der Waals surface area contributed by atoms with Crippen LogP contribution in [0.1, 0.15) is 33.0 Å². The molecule has 0 fully saturated rings. The van der Waals surface area contributed by atoms with Crippen LogP contribution in [0.4, 0.5) is 5.69 Å². The fourth-order valence-electron chi connectivity index (χ4n) is 2.62. The number of carbonyl (C=O) groups is 1. The average molecular weight is 301 g/mol. The van der Waals surface area contributed by atoms with E-state index in [0.29, 0.717) is 6.54 Å². The topological polar surface area (TPSA) is 54.0 Å². The largest absolute Gasteiger partial charge is 0.385 e. The summed E-state index contributed by atoms with van der Waals surface area (Å²) < 4.78 is 0. The molecular weight excluding hydrogens is 282 g/mol. The molecule has 2 aromatic rings. The van der Waals surface area contributed by atoms with Gasteiger partial charge in [-0.25, -0.2) is 4.98 Å². The number of aromatic nitrogens is 1. The standard InChI is InChI=1S/C16H19N3OS/c1-11-10-21-15(19-11)7-9-18-16(20)13-4-2-6-14-12(13)5-3-8-17-14/h2,4,6,10,17H,3,5,7-9H2,1H3,(H,18,20). The van der Waals surface area contributed by atoms with E-state index in [9.17, 15) is 4.79 Å². The molecule has 1 aliphatic heterocycles. The highest BCUT2D eigenvalue weighted by atomic mass is 32.1. The molecule has 0 saturated carbocycles. The van der Waals surface area contributed by atoms with Crippen LogP contribution in [-0.4, -0.2) is 24.0 Å². The minimum absolute atomic E-state index is 0.0174. The van der Waals surface area contributed by atoms with Gasteiger partial charge in [-0.05, 0) is 37.5 Å². The molecule has 2 N–H and O–H groups in total. The molecule has 110 valence electrons. The van der Waals surface area contributed by atoms with Gasteiger partial charge in [-0.1, -0.05) is 6.07 Å². The predicted octanol–water partition coefficient (Wildman–Crippen LogP) is 2.78. The molecular formula is C16H19N3OS. The van der Waals surface area contributed by atoms with Crippen molar-refractivity contribution < 1.29 is 4.79 Å². The Morgan fingerprint density at radius 3 is 3.19 bits per heavy atom. The fraction of sp³-hybridized carbons (Fsp3) is 0.375. The monoisotopic (exact) mass is 301 g/mol. The number of aryl methyl sites for hydroxylation is 1. The second kappa shape index (κ2) is 6.26. The van der Waals surface area contributed by atoms with Gasteiger partial charge < -0.3 is 10.6 Å². The molecule has 1 amide bonds. The number of amides is 1. The van der Waals surface area contributed by atoms with E-state index in [1.807, 2.05) is 30.5 Å². The van der Waals surface area contributed by atoms with Crippen LogP contribution < -0.4 is 10.6 Å². The Morgan fingerprint density at radius 1 is 1.48 bits per heavy atom. The van der Waals surface area contributed by atoms with Crippen molar-refractivity contribution in [3.05, 3.63) is 45.4 Å². The molecule has 0 radical (unpaired) electrons. The highest BCUT2D eigenvalue weighted by Gasteiger charge is 2.16. The van der Waals surface area contributed by atoms with Crippen LogP contribution >= 0.6 is 11.3 Å². The molecule has 1 aromatic carbocycles. The number of anilines is 1. The molecule has 0 unspecified atom stereocenters. The third-order valence-corrected chi connectivity index (χ3v) is 4.66. The summed E-state index contributed by atoms with van der Waals surface area (Å²) in [7, 11) is 0. The van der Waals surface area contributed by atoms with Crippen molar-refractivity contribution >= 4 is 22.9 Å². The fourth-order valence-corrected chi connectivity index (χ4v) is 3.39. The first kappa shape index (κ1) is 14.1. The zero-order valence-corrected chi connectivity index (χ0v) is 12.9. The Bertz CT molecular complexity index is 651. The van der Waals surface area contributed by atoms with Crippen LogP contribution in [0, 0.1) is 6.92 Å². The van der Waals surface area contributed by atoms with Crippen molar-refractivity contribution in [3.63, 3.8) is 0 Å². The first-order valence-corrected chi connectivity index (χ1v) is 8.17. The lowest BCUT2D eigenvalue weighted by atomic mass is 9.97. The normalized spacial score (nSPS) is 13.4. The Balaban J connectivity index is 1.63. The summed E-state index contributed by atoms with van der Waals surface area (Å²) >= 11 is 1.65. The molecule has 2 heterocycles. The van der Waals surface area contributed by atoms with Gasteiger partial charge in [-0.3, -0.25) is 4.79 Å². The van der Waals surface area contributed by atoms with Crippen molar-refractivity contribution in [1.29, 1.82) is 0 Å². The van der Waals surface area contributed by atoms with Gasteiger partial charge in [0.15, 0.2) is 0 Å². The Labute approximate surface area is 128 Å². The molecule has 4 nitrogen and oxygen atoms in total. The summed E-state index contributed by atoms with van der Waals surface area (Å²) in [6, 6.07) is 5.90. The number of benzene rings is 1. The highest BCUT2D eigenvalue weighted by molar-refractivity contribution is 7.09. The molecule has 21 heavy (non-hydrogen) atoms. The first-order valence-electron chi connectivity index (χ1n) is 7.29. The second-order valence-electron chi connectivity index (χ2n) is 5.25. The van der Waals surface area contributed by atoms with Gasteiger partial charge in [-0.2, -0.15) is 0 Å². The zero-order valence-electron chi connectivity index (χ0n) is 12.1. The summed E-state index contributed by atoms with van der Waals surface area (Å²) in [6.07, 6.45) is 2.84. The molecule has 3 rings (SSSR count). The predicted molar refractivity (Wildman–Crippen MR) is 86.1 cm³/mol. The van der Waals surface area contributed by atoms with Gasteiger partial charge in [0.25, 0.3) is 5.91 Å². The average Bonchev–Trinajstić information content (AvgIpc) is 2.92. The Hall–Kier alpha value is -1.88. The number of carbonyl (C=O) groups excluding carboxylic acids is 1. The molecule has 0 atom stereocenters. The number of nitrogens with one attached hydrogen (secondary N) is 2. The van der Waals surface area contributed by atoms with Crippen LogP contribution in [0.25, 0.3) is 0 Å². The maximum Gasteiger partial charge on any atom is 0.251 e. The zero-order chi connectivity index (χ0) is 14.7. The van der Waals surface area contributed by atoms with E-state index < -0.39 is 0 Å². The number of hydrogen-bond donors (Lipinski definition) is 2. The van der Waals surface area contributed by atoms with Gasteiger partial charge in [0.2, 0.25) is 0 Å². The highest BCUT2D eigenvalue weighted by Crippen LogP contribution is 2.25. The van der Waals surface area contributed by atoms with E-state index in [-0.39, 0.29) is 5.91 Å². The van der Waals surface area contributed by atoms with Gasteiger partial charge in [0, 0.05) is 41.8 Å². The number of hydrogen-bond acceptors (Lipinski definition) is 4. The number of thiazole rings is 1. The van der Waals surface area contributed by atoms with Crippen LogP contribution in [0.2, 0.25) is 0 Å². The van der Waals surface area contributed by atoms with E-state index in [4.69, 9.17) is 0 Å². The number of nitrogens with zero attached hydrogens (tertiary/aromatic N) is 1. The number of rotatable bonds is 4. The lowest BCUT2D eigenvalue weighted by Gasteiger charge is -2.20.